The number of aromatic amines is 1. The van der Waals surface area contributed by atoms with Gasteiger partial charge in [-0.05, 0) is 18.6 Å². The molecule has 3 rings (SSSR count). The average Bonchev–Trinajstić information content (AvgIpc) is 2.96. The summed E-state index contributed by atoms with van der Waals surface area (Å²) in [5, 5.41) is 9.66. The van der Waals surface area contributed by atoms with Crippen LogP contribution in [0.25, 0.3) is 5.52 Å². The van der Waals surface area contributed by atoms with E-state index in [4.69, 9.17) is 0 Å². The predicted molar refractivity (Wildman–Crippen MR) is 81.0 cm³/mol. The highest BCUT2D eigenvalue weighted by Gasteiger charge is 2.33. The Labute approximate surface area is 138 Å². The van der Waals surface area contributed by atoms with Gasteiger partial charge in [0, 0.05) is 12.2 Å². The monoisotopic (exact) mass is 351 g/mol. The Kier molecular flexibility index (Phi) is 4.03. The molecule has 1 aromatic carbocycles. The molecule has 0 aliphatic carbocycles. The van der Waals surface area contributed by atoms with E-state index in [1.165, 1.54) is 24.4 Å². The number of amides is 1. The average molecular weight is 351 g/mol. The zero-order chi connectivity index (χ0) is 18.2. The molecule has 2 heterocycles. The Morgan fingerprint density at radius 1 is 1.32 bits per heavy atom. The molecule has 25 heavy (non-hydrogen) atoms. The Morgan fingerprint density at radius 2 is 2.04 bits per heavy atom. The quantitative estimate of drug-likeness (QED) is 0.751. The van der Waals surface area contributed by atoms with Crippen LogP contribution < -0.4 is 10.9 Å². The standard InChI is InChI=1S/C15H12F3N5O2/c1-8-7-23-12(14(25)20-8)11(21-22-23)13(24)19-6-9-4-2-3-5-10(9)15(16,17)18/h2-5,7H,6H2,1H3,(H,19,24)(H,20,25). The molecule has 0 saturated heterocycles. The van der Waals surface area contributed by atoms with Crippen molar-refractivity contribution < 1.29 is 18.0 Å². The summed E-state index contributed by atoms with van der Waals surface area (Å²) < 4.78 is 40.0. The smallest absolute Gasteiger partial charge is 0.346 e. The van der Waals surface area contributed by atoms with Gasteiger partial charge in [0.15, 0.2) is 11.2 Å². The van der Waals surface area contributed by atoms with Crippen molar-refractivity contribution in [2.45, 2.75) is 19.6 Å². The highest BCUT2D eigenvalue weighted by Crippen LogP contribution is 2.31. The van der Waals surface area contributed by atoms with Gasteiger partial charge in [0.05, 0.1) is 11.8 Å². The van der Waals surface area contributed by atoms with Crippen LogP contribution in [0.1, 0.15) is 27.3 Å². The zero-order valence-electron chi connectivity index (χ0n) is 12.9. The van der Waals surface area contributed by atoms with Crippen molar-refractivity contribution >= 4 is 11.4 Å². The molecular formula is C15H12F3N5O2. The van der Waals surface area contributed by atoms with E-state index in [-0.39, 0.29) is 23.3 Å². The fourth-order valence-electron chi connectivity index (χ4n) is 2.41. The predicted octanol–water partition coefficient (Wildman–Crippen LogP) is 1.67. The van der Waals surface area contributed by atoms with E-state index in [1.807, 2.05) is 0 Å². The third-order valence-corrected chi connectivity index (χ3v) is 3.51. The lowest BCUT2D eigenvalue weighted by atomic mass is 10.1. The van der Waals surface area contributed by atoms with Crippen LogP contribution in [0.3, 0.4) is 0 Å². The van der Waals surface area contributed by atoms with Gasteiger partial charge in [0.25, 0.3) is 11.5 Å². The lowest BCUT2D eigenvalue weighted by Crippen LogP contribution is -2.26. The highest BCUT2D eigenvalue weighted by atomic mass is 19.4. The summed E-state index contributed by atoms with van der Waals surface area (Å²) in [6.45, 7) is 1.27. The number of halogens is 3. The Bertz CT molecular complexity index is 1010. The Balaban J connectivity index is 1.87. The second kappa shape index (κ2) is 6.04. The first-order valence-electron chi connectivity index (χ1n) is 7.15. The number of carbonyl (C=O) groups excluding carboxylic acids is 1. The number of carbonyl (C=O) groups is 1. The van der Waals surface area contributed by atoms with Crippen molar-refractivity contribution in [1.82, 2.24) is 25.1 Å². The molecule has 0 atom stereocenters. The molecular weight excluding hydrogens is 339 g/mol. The molecule has 10 heteroatoms. The van der Waals surface area contributed by atoms with Crippen LogP contribution in [0.15, 0.2) is 35.3 Å². The fourth-order valence-corrected chi connectivity index (χ4v) is 2.41. The van der Waals surface area contributed by atoms with Gasteiger partial charge in [0.1, 0.15) is 0 Å². The van der Waals surface area contributed by atoms with Gasteiger partial charge in [-0.3, -0.25) is 9.59 Å². The van der Waals surface area contributed by atoms with Gasteiger partial charge in [-0.15, -0.1) is 5.10 Å². The maximum absolute atomic E-state index is 13.0. The molecule has 0 fully saturated rings. The number of alkyl halides is 3. The number of rotatable bonds is 3. The van der Waals surface area contributed by atoms with Gasteiger partial charge in [0.2, 0.25) is 0 Å². The minimum atomic E-state index is -4.53. The van der Waals surface area contributed by atoms with E-state index in [9.17, 15) is 22.8 Å². The number of fused-ring (bicyclic) bond motifs is 1. The molecule has 0 spiro atoms. The molecule has 0 aliphatic heterocycles. The number of nitrogens with one attached hydrogen (secondary N) is 2. The minimum absolute atomic E-state index is 0.0767. The molecule has 130 valence electrons. The molecule has 3 aromatic rings. The number of benzene rings is 1. The fraction of sp³-hybridized carbons (Fsp3) is 0.200. The number of hydrogen-bond acceptors (Lipinski definition) is 4. The van der Waals surface area contributed by atoms with Crippen LogP contribution >= 0.6 is 0 Å². The lowest BCUT2D eigenvalue weighted by Gasteiger charge is -2.12. The van der Waals surface area contributed by atoms with Crippen molar-refractivity contribution in [2.75, 3.05) is 0 Å². The highest BCUT2D eigenvalue weighted by molar-refractivity contribution is 5.98. The van der Waals surface area contributed by atoms with Crippen LogP contribution in [0.4, 0.5) is 13.2 Å². The first kappa shape index (κ1) is 16.7. The molecule has 0 bridgehead atoms. The first-order chi connectivity index (χ1) is 11.8. The van der Waals surface area contributed by atoms with Gasteiger partial charge in [-0.1, -0.05) is 23.4 Å². The zero-order valence-corrected chi connectivity index (χ0v) is 12.9. The topological polar surface area (TPSA) is 92.2 Å². The second-order valence-corrected chi connectivity index (χ2v) is 5.34. The number of H-pyrrole nitrogens is 1. The number of hydrogen-bond donors (Lipinski definition) is 2. The van der Waals surface area contributed by atoms with Gasteiger partial charge < -0.3 is 10.3 Å². The normalized spacial score (nSPS) is 11.7. The summed E-state index contributed by atoms with van der Waals surface area (Å²) in [5.74, 6) is -0.790. The Hall–Kier alpha value is -3.17. The van der Waals surface area contributed by atoms with E-state index in [2.05, 4.69) is 20.6 Å². The molecule has 1 amide bonds. The van der Waals surface area contributed by atoms with E-state index < -0.39 is 23.2 Å². The molecule has 0 aliphatic rings. The molecule has 2 aromatic heterocycles. The van der Waals surface area contributed by atoms with Gasteiger partial charge in [-0.2, -0.15) is 13.2 Å². The summed E-state index contributed by atoms with van der Waals surface area (Å²) >= 11 is 0. The summed E-state index contributed by atoms with van der Waals surface area (Å²) in [5.41, 5.74) is -1.31. The molecule has 0 unspecified atom stereocenters. The molecule has 0 saturated carbocycles. The van der Waals surface area contributed by atoms with Crippen molar-refractivity contribution in [3.8, 4) is 0 Å². The lowest BCUT2D eigenvalue weighted by molar-refractivity contribution is -0.138. The van der Waals surface area contributed by atoms with Crippen molar-refractivity contribution in [3.05, 3.63) is 63.3 Å². The maximum Gasteiger partial charge on any atom is 0.416 e. The van der Waals surface area contributed by atoms with Gasteiger partial charge in [-0.25, -0.2) is 4.52 Å². The molecule has 0 radical (unpaired) electrons. The summed E-state index contributed by atoms with van der Waals surface area (Å²) in [4.78, 5) is 26.7. The molecule has 7 nitrogen and oxygen atoms in total. The van der Waals surface area contributed by atoms with Crippen LogP contribution in [-0.4, -0.2) is 25.7 Å². The SMILES string of the molecule is Cc1cn2nnc(C(=O)NCc3ccccc3C(F)(F)F)c2c(=O)[nH]1. The summed E-state index contributed by atoms with van der Waals surface area (Å²) in [6.07, 6.45) is -3.06. The van der Waals surface area contributed by atoms with Crippen molar-refractivity contribution in [1.29, 1.82) is 0 Å². The van der Waals surface area contributed by atoms with Crippen LogP contribution in [-0.2, 0) is 12.7 Å². The van der Waals surface area contributed by atoms with E-state index in [0.29, 0.717) is 5.69 Å². The summed E-state index contributed by atoms with van der Waals surface area (Å²) in [7, 11) is 0. The third kappa shape index (κ3) is 3.23. The Morgan fingerprint density at radius 3 is 2.76 bits per heavy atom. The third-order valence-electron chi connectivity index (χ3n) is 3.51. The summed E-state index contributed by atoms with van der Waals surface area (Å²) in [6, 6.07) is 4.91. The van der Waals surface area contributed by atoms with E-state index in [0.717, 1.165) is 10.6 Å². The maximum atomic E-state index is 13.0. The van der Waals surface area contributed by atoms with Crippen LogP contribution in [0.2, 0.25) is 0 Å². The van der Waals surface area contributed by atoms with Crippen molar-refractivity contribution in [3.63, 3.8) is 0 Å². The minimum Gasteiger partial charge on any atom is -0.346 e. The largest absolute Gasteiger partial charge is 0.416 e. The van der Waals surface area contributed by atoms with Gasteiger partial charge >= 0.3 is 6.18 Å². The number of aromatic nitrogens is 4. The number of aryl methyl sites for hydroxylation is 1. The molecule has 2 N–H and O–H groups in total. The number of nitrogens with zero attached hydrogens (tertiary/aromatic N) is 3. The van der Waals surface area contributed by atoms with Crippen LogP contribution in [0.5, 0.6) is 0 Å². The second-order valence-electron chi connectivity index (χ2n) is 5.34. The van der Waals surface area contributed by atoms with Crippen LogP contribution in [0, 0.1) is 6.92 Å². The first-order valence-corrected chi connectivity index (χ1v) is 7.15. The van der Waals surface area contributed by atoms with E-state index in [1.54, 1.807) is 6.92 Å². The van der Waals surface area contributed by atoms with Crippen molar-refractivity contribution in [2.24, 2.45) is 0 Å². The van der Waals surface area contributed by atoms with E-state index >= 15 is 0 Å².